The first kappa shape index (κ1) is 15.7. The van der Waals surface area contributed by atoms with Crippen LogP contribution in [0.5, 0.6) is 0 Å². The minimum Gasteiger partial charge on any atom is -0.468 e. The SMILES string of the molecule is CSc1nnc(CN(Cc2ccco2)Cc2ccc(C)s2)s1. The first-order valence-corrected chi connectivity index (χ1v) is 9.75. The Hall–Kier alpha value is -1.15. The second kappa shape index (κ2) is 7.41. The second-order valence-corrected chi connectivity index (χ2v) is 8.39. The Morgan fingerprint density at radius 2 is 2.05 bits per heavy atom. The first-order valence-electron chi connectivity index (χ1n) is 6.89. The van der Waals surface area contributed by atoms with Crippen molar-refractivity contribution in [2.45, 2.75) is 30.9 Å². The molecule has 3 aromatic heterocycles. The minimum absolute atomic E-state index is 0.776. The van der Waals surface area contributed by atoms with Gasteiger partial charge in [-0.3, -0.25) is 4.90 Å². The first-order chi connectivity index (χ1) is 10.7. The van der Waals surface area contributed by atoms with Crippen LogP contribution in [0.1, 0.15) is 20.5 Å². The highest BCUT2D eigenvalue weighted by Crippen LogP contribution is 2.24. The van der Waals surface area contributed by atoms with Crippen molar-refractivity contribution in [3.63, 3.8) is 0 Å². The number of rotatable bonds is 7. The van der Waals surface area contributed by atoms with Crippen LogP contribution in [0.3, 0.4) is 0 Å². The second-order valence-electron chi connectivity index (χ2n) is 4.90. The molecule has 7 heteroatoms. The lowest BCUT2D eigenvalue weighted by Gasteiger charge is -2.18. The Morgan fingerprint density at radius 3 is 2.68 bits per heavy atom. The van der Waals surface area contributed by atoms with E-state index in [1.807, 2.05) is 29.7 Å². The highest BCUT2D eigenvalue weighted by molar-refractivity contribution is 8.00. The summed E-state index contributed by atoms with van der Waals surface area (Å²) in [6, 6.07) is 8.31. The van der Waals surface area contributed by atoms with Gasteiger partial charge >= 0.3 is 0 Å². The van der Waals surface area contributed by atoms with Crippen molar-refractivity contribution in [3.05, 3.63) is 51.1 Å². The topological polar surface area (TPSA) is 42.2 Å². The fourth-order valence-electron chi connectivity index (χ4n) is 2.16. The number of aromatic nitrogens is 2. The smallest absolute Gasteiger partial charge is 0.174 e. The number of hydrogen-bond donors (Lipinski definition) is 0. The normalized spacial score (nSPS) is 11.4. The summed E-state index contributed by atoms with van der Waals surface area (Å²) in [4.78, 5) is 5.04. The summed E-state index contributed by atoms with van der Waals surface area (Å²) in [5.41, 5.74) is 0. The van der Waals surface area contributed by atoms with Gasteiger partial charge in [0.1, 0.15) is 10.8 Å². The zero-order chi connectivity index (χ0) is 15.4. The maximum Gasteiger partial charge on any atom is 0.174 e. The summed E-state index contributed by atoms with van der Waals surface area (Å²) in [6.45, 7) is 4.60. The zero-order valence-corrected chi connectivity index (χ0v) is 14.9. The number of aryl methyl sites for hydroxylation is 1. The van der Waals surface area contributed by atoms with Gasteiger partial charge in [0.15, 0.2) is 4.34 Å². The Kier molecular flexibility index (Phi) is 5.30. The lowest BCUT2D eigenvalue weighted by atomic mass is 10.3. The maximum absolute atomic E-state index is 5.50. The fourth-order valence-corrected chi connectivity index (χ4v) is 4.45. The van der Waals surface area contributed by atoms with Crippen LogP contribution in [0, 0.1) is 6.92 Å². The summed E-state index contributed by atoms with van der Waals surface area (Å²) in [5, 5.41) is 9.51. The van der Waals surface area contributed by atoms with E-state index in [1.54, 1.807) is 29.4 Å². The molecule has 0 aliphatic rings. The molecule has 0 N–H and O–H groups in total. The molecule has 3 rings (SSSR count). The monoisotopic (exact) mass is 351 g/mol. The van der Waals surface area contributed by atoms with Crippen LogP contribution in [0.4, 0.5) is 0 Å². The quantitative estimate of drug-likeness (QED) is 0.589. The van der Waals surface area contributed by atoms with Crippen molar-refractivity contribution < 1.29 is 4.42 Å². The summed E-state index contributed by atoms with van der Waals surface area (Å²) < 4.78 is 6.51. The molecule has 0 aliphatic carbocycles. The van der Waals surface area contributed by atoms with Crippen LogP contribution in [0.25, 0.3) is 0 Å². The van der Waals surface area contributed by atoms with Gasteiger partial charge in [0.2, 0.25) is 0 Å². The molecule has 0 atom stereocenters. The molecule has 0 amide bonds. The van der Waals surface area contributed by atoms with Crippen molar-refractivity contribution in [3.8, 4) is 0 Å². The molecular formula is C15H17N3OS3. The molecular weight excluding hydrogens is 334 g/mol. The molecule has 22 heavy (non-hydrogen) atoms. The molecule has 3 heterocycles. The van der Waals surface area contributed by atoms with Crippen LogP contribution in [0.2, 0.25) is 0 Å². The van der Waals surface area contributed by atoms with E-state index in [0.29, 0.717) is 0 Å². The lowest BCUT2D eigenvalue weighted by molar-refractivity contribution is 0.228. The molecule has 0 radical (unpaired) electrons. The van der Waals surface area contributed by atoms with Crippen LogP contribution in [-0.4, -0.2) is 21.4 Å². The van der Waals surface area contributed by atoms with Gasteiger partial charge in [0, 0.05) is 16.3 Å². The van der Waals surface area contributed by atoms with Gasteiger partial charge in [-0.1, -0.05) is 23.1 Å². The van der Waals surface area contributed by atoms with E-state index in [0.717, 1.165) is 34.7 Å². The minimum atomic E-state index is 0.776. The van der Waals surface area contributed by atoms with Crippen LogP contribution in [0.15, 0.2) is 39.3 Å². The van der Waals surface area contributed by atoms with E-state index in [-0.39, 0.29) is 0 Å². The predicted octanol–water partition coefficient (Wildman–Crippen LogP) is 4.43. The largest absolute Gasteiger partial charge is 0.468 e. The molecule has 0 saturated heterocycles. The highest BCUT2D eigenvalue weighted by atomic mass is 32.2. The molecule has 0 bridgehead atoms. The van der Waals surface area contributed by atoms with Gasteiger partial charge in [-0.15, -0.1) is 21.5 Å². The van der Waals surface area contributed by atoms with E-state index >= 15 is 0 Å². The van der Waals surface area contributed by atoms with Crippen molar-refractivity contribution in [2.75, 3.05) is 6.26 Å². The van der Waals surface area contributed by atoms with E-state index < -0.39 is 0 Å². The van der Waals surface area contributed by atoms with Crippen molar-refractivity contribution in [1.29, 1.82) is 0 Å². The van der Waals surface area contributed by atoms with E-state index in [9.17, 15) is 0 Å². The van der Waals surface area contributed by atoms with E-state index in [2.05, 4.69) is 34.2 Å². The number of thiophene rings is 1. The Balaban J connectivity index is 1.72. The third-order valence-electron chi connectivity index (χ3n) is 3.12. The maximum atomic E-state index is 5.50. The molecule has 116 valence electrons. The highest BCUT2D eigenvalue weighted by Gasteiger charge is 2.14. The number of thioether (sulfide) groups is 1. The zero-order valence-electron chi connectivity index (χ0n) is 12.5. The Morgan fingerprint density at radius 1 is 1.14 bits per heavy atom. The fraction of sp³-hybridized carbons (Fsp3) is 0.333. The van der Waals surface area contributed by atoms with Gasteiger partial charge in [-0.2, -0.15) is 0 Å². The Labute approximate surface area is 142 Å². The number of furan rings is 1. The van der Waals surface area contributed by atoms with Gasteiger partial charge in [0.05, 0.1) is 19.4 Å². The van der Waals surface area contributed by atoms with Crippen molar-refractivity contribution in [2.24, 2.45) is 0 Å². The van der Waals surface area contributed by atoms with Crippen LogP contribution >= 0.6 is 34.4 Å². The van der Waals surface area contributed by atoms with Gasteiger partial charge in [-0.25, -0.2) is 0 Å². The molecule has 0 fully saturated rings. The summed E-state index contributed by atoms with van der Waals surface area (Å²) in [6.07, 6.45) is 3.75. The van der Waals surface area contributed by atoms with Gasteiger partial charge < -0.3 is 4.42 Å². The number of hydrogen-bond acceptors (Lipinski definition) is 7. The van der Waals surface area contributed by atoms with Gasteiger partial charge in [0.25, 0.3) is 0 Å². The summed E-state index contributed by atoms with van der Waals surface area (Å²) >= 11 is 5.14. The van der Waals surface area contributed by atoms with Crippen LogP contribution in [-0.2, 0) is 19.6 Å². The van der Waals surface area contributed by atoms with Crippen molar-refractivity contribution >= 4 is 34.4 Å². The van der Waals surface area contributed by atoms with E-state index in [1.165, 1.54) is 9.75 Å². The molecule has 0 spiro atoms. The van der Waals surface area contributed by atoms with Gasteiger partial charge in [-0.05, 0) is 37.4 Å². The average Bonchev–Trinajstić information content (AvgIpc) is 3.22. The summed E-state index contributed by atoms with van der Waals surface area (Å²) in [7, 11) is 0. The molecule has 4 nitrogen and oxygen atoms in total. The molecule has 0 aromatic carbocycles. The number of nitrogens with zero attached hydrogens (tertiary/aromatic N) is 3. The lowest BCUT2D eigenvalue weighted by Crippen LogP contribution is -2.21. The Bertz CT molecular complexity index is 705. The third-order valence-corrected chi connectivity index (χ3v) is 5.99. The standard InChI is InChI=1S/C15H17N3OS3/c1-11-5-6-13(21-11)9-18(8-12-4-3-7-19-12)10-14-16-17-15(20-2)22-14/h3-7H,8-10H2,1-2H3. The van der Waals surface area contributed by atoms with Crippen molar-refractivity contribution in [1.82, 2.24) is 15.1 Å². The third kappa shape index (κ3) is 4.19. The predicted molar refractivity (Wildman–Crippen MR) is 92.4 cm³/mol. The molecule has 0 aliphatic heterocycles. The molecule has 0 saturated carbocycles. The summed E-state index contributed by atoms with van der Waals surface area (Å²) in [5.74, 6) is 0.975. The average molecular weight is 352 g/mol. The molecule has 3 aromatic rings. The molecule has 0 unspecified atom stereocenters. The van der Waals surface area contributed by atoms with Crippen LogP contribution < -0.4 is 0 Å². The van der Waals surface area contributed by atoms with E-state index in [4.69, 9.17) is 4.42 Å².